The molecule has 216 valence electrons. The molecule has 38 heavy (non-hydrogen) atoms. The third kappa shape index (κ3) is 15.1. The molecular formula is C33H54O4S. The van der Waals surface area contributed by atoms with E-state index in [0.717, 1.165) is 41.1 Å². The van der Waals surface area contributed by atoms with E-state index in [1.165, 1.54) is 69.5 Å². The Morgan fingerprint density at radius 1 is 0.974 bits per heavy atom. The molecule has 0 fully saturated rings. The predicted molar refractivity (Wildman–Crippen MR) is 164 cm³/mol. The third-order valence-electron chi connectivity index (χ3n) is 7.03. The standard InChI is InChI=1S/C33H54O4S/c1-7-9-10-11-12-13-14-15-16-17-31(37-25-29-19-22-30(36-6)23-20-29)21-18-26(3)24-27(4)32(34)28(5)33(35)38-8-2/h18-20,22-24,28,31-32,34H,7-17,21,25H2,1-6H3/b26-18+,27-24+/t28-,31+,32+/m0/s1. The van der Waals surface area contributed by atoms with Crippen molar-refractivity contribution in [1.82, 2.24) is 0 Å². The number of hydrogen-bond donors (Lipinski definition) is 1. The molecule has 0 saturated heterocycles. The number of thioether (sulfide) groups is 1. The zero-order valence-corrected chi connectivity index (χ0v) is 25.8. The van der Waals surface area contributed by atoms with Gasteiger partial charge in [0, 0.05) is 0 Å². The number of hydrogen-bond acceptors (Lipinski definition) is 5. The van der Waals surface area contributed by atoms with E-state index in [1.54, 1.807) is 14.0 Å². The molecule has 1 aromatic carbocycles. The number of aliphatic hydroxyl groups excluding tert-OH is 1. The van der Waals surface area contributed by atoms with Gasteiger partial charge in [0.2, 0.25) is 0 Å². The molecule has 1 rings (SSSR count). The minimum absolute atomic E-state index is 0.0438. The Balaban J connectivity index is 2.67. The molecule has 0 saturated carbocycles. The second-order valence-corrected chi connectivity index (χ2v) is 11.7. The second-order valence-electron chi connectivity index (χ2n) is 10.5. The van der Waals surface area contributed by atoms with Gasteiger partial charge in [-0.05, 0) is 55.7 Å². The van der Waals surface area contributed by atoms with Gasteiger partial charge in [-0.3, -0.25) is 4.79 Å². The van der Waals surface area contributed by atoms with Gasteiger partial charge in [-0.2, -0.15) is 0 Å². The van der Waals surface area contributed by atoms with Crippen molar-refractivity contribution in [2.75, 3.05) is 12.9 Å². The molecule has 5 heteroatoms. The van der Waals surface area contributed by atoms with Crippen molar-refractivity contribution in [2.45, 2.75) is 124 Å². The summed E-state index contributed by atoms with van der Waals surface area (Å²) in [4.78, 5) is 12.2. The van der Waals surface area contributed by atoms with Gasteiger partial charge in [-0.1, -0.05) is 120 Å². The normalized spacial score (nSPS) is 14.8. The number of unbranched alkanes of at least 4 members (excludes halogenated alkanes) is 8. The Morgan fingerprint density at radius 3 is 2.16 bits per heavy atom. The monoisotopic (exact) mass is 546 g/mol. The fourth-order valence-electron chi connectivity index (χ4n) is 4.51. The fraction of sp³-hybridized carbons (Fsp3) is 0.667. The molecule has 4 nitrogen and oxygen atoms in total. The number of carbonyl (C=O) groups excluding carboxylic acids is 1. The molecule has 0 unspecified atom stereocenters. The van der Waals surface area contributed by atoms with Crippen molar-refractivity contribution in [2.24, 2.45) is 5.92 Å². The van der Waals surface area contributed by atoms with Crippen molar-refractivity contribution in [1.29, 1.82) is 0 Å². The maximum atomic E-state index is 12.2. The molecule has 3 atom stereocenters. The van der Waals surface area contributed by atoms with Crippen LogP contribution in [0.1, 0.15) is 111 Å². The summed E-state index contributed by atoms with van der Waals surface area (Å²) in [7, 11) is 1.68. The summed E-state index contributed by atoms with van der Waals surface area (Å²) in [6.07, 6.45) is 17.3. The Morgan fingerprint density at radius 2 is 1.58 bits per heavy atom. The summed E-state index contributed by atoms with van der Waals surface area (Å²) < 4.78 is 11.6. The lowest BCUT2D eigenvalue weighted by molar-refractivity contribution is -0.116. The molecule has 0 bridgehead atoms. The van der Waals surface area contributed by atoms with Gasteiger partial charge in [0.25, 0.3) is 0 Å². The highest BCUT2D eigenvalue weighted by molar-refractivity contribution is 8.13. The number of allylic oxidation sites excluding steroid dienone is 2. The van der Waals surface area contributed by atoms with Crippen LogP contribution in [0.15, 0.2) is 47.6 Å². The number of carbonyl (C=O) groups is 1. The SMILES string of the molecule is CCCCCCCCCCC[C@H](C/C=C(C)/C=C(\C)[C@@H](O)[C@H](C)C(=O)SCC)OCc1ccc(OC)cc1. The molecule has 0 aromatic heterocycles. The smallest absolute Gasteiger partial charge is 0.194 e. The molecular weight excluding hydrogens is 492 g/mol. The van der Waals surface area contributed by atoms with Crippen molar-refractivity contribution in [3.8, 4) is 5.75 Å². The van der Waals surface area contributed by atoms with Crippen LogP contribution in [0.3, 0.4) is 0 Å². The lowest BCUT2D eigenvalue weighted by atomic mass is 9.97. The van der Waals surface area contributed by atoms with E-state index >= 15 is 0 Å². The van der Waals surface area contributed by atoms with Gasteiger partial charge in [0.05, 0.1) is 31.8 Å². The number of methoxy groups -OCH3 is 1. The van der Waals surface area contributed by atoms with Crippen LogP contribution in [0.25, 0.3) is 0 Å². The van der Waals surface area contributed by atoms with Crippen molar-refractivity contribution < 1.29 is 19.4 Å². The van der Waals surface area contributed by atoms with Gasteiger partial charge in [-0.15, -0.1) is 0 Å². The topological polar surface area (TPSA) is 55.8 Å². The van der Waals surface area contributed by atoms with Crippen LogP contribution in [0.2, 0.25) is 0 Å². The summed E-state index contributed by atoms with van der Waals surface area (Å²) >= 11 is 1.28. The van der Waals surface area contributed by atoms with Gasteiger partial charge in [-0.25, -0.2) is 0 Å². The summed E-state index contributed by atoms with van der Waals surface area (Å²) in [6.45, 7) is 10.6. The van der Waals surface area contributed by atoms with Crippen LogP contribution in [-0.2, 0) is 16.1 Å². The first kappa shape index (κ1) is 34.5. The molecule has 0 amide bonds. The fourth-order valence-corrected chi connectivity index (χ4v) is 5.18. The third-order valence-corrected chi connectivity index (χ3v) is 7.98. The van der Waals surface area contributed by atoms with E-state index in [4.69, 9.17) is 9.47 Å². The zero-order chi connectivity index (χ0) is 28.2. The Labute approximate surface area is 237 Å². The summed E-state index contributed by atoms with van der Waals surface area (Å²) in [5, 5.41) is 10.7. The Bertz CT molecular complexity index is 815. The van der Waals surface area contributed by atoms with Crippen molar-refractivity contribution >= 4 is 16.9 Å². The van der Waals surface area contributed by atoms with Gasteiger partial charge in [0.1, 0.15) is 5.75 Å². The molecule has 1 N–H and O–H groups in total. The number of aliphatic hydroxyl groups is 1. The molecule has 0 aliphatic heterocycles. The minimum Gasteiger partial charge on any atom is -0.497 e. The van der Waals surface area contributed by atoms with E-state index in [1.807, 2.05) is 32.1 Å². The summed E-state index contributed by atoms with van der Waals surface area (Å²) in [5.74, 6) is 1.18. The highest BCUT2D eigenvalue weighted by Gasteiger charge is 2.23. The maximum Gasteiger partial charge on any atom is 0.194 e. The van der Waals surface area contributed by atoms with Crippen LogP contribution >= 0.6 is 11.8 Å². The highest BCUT2D eigenvalue weighted by atomic mass is 32.2. The molecule has 0 radical (unpaired) electrons. The van der Waals surface area contributed by atoms with E-state index in [0.29, 0.717) is 6.61 Å². The van der Waals surface area contributed by atoms with Crippen molar-refractivity contribution in [3.05, 3.63) is 53.1 Å². The zero-order valence-electron chi connectivity index (χ0n) is 25.0. The lowest BCUT2D eigenvalue weighted by Gasteiger charge is -2.19. The van der Waals surface area contributed by atoms with Crippen molar-refractivity contribution in [3.63, 3.8) is 0 Å². The van der Waals surface area contributed by atoms with Crippen LogP contribution in [0.5, 0.6) is 5.75 Å². The minimum atomic E-state index is -0.756. The van der Waals surface area contributed by atoms with Crippen LogP contribution in [0, 0.1) is 5.92 Å². The first-order valence-corrected chi connectivity index (χ1v) is 15.7. The second kappa shape index (κ2) is 21.3. The predicted octanol–water partition coefficient (Wildman–Crippen LogP) is 9.06. The quantitative estimate of drug-likeness (QED) is 0.123. The van der Waals surface area contributed by atoms with E-state index in [2.05, 4.69) is 32.1 Å². The van der Waals surface area contributed by atoms with E-state index in [-0.39, 0.29) is 11.2 Å². The number of ether oxygens (including phenoxy) is 2. The first-order valence-electron chi connectivity index (χ1n) is 14.8. The molecule has 0 aliphatic carbocycles. The van der Waals surface area contributed by atoms with E-state index < -0.39 is 12.0 Å². The molecule has 0 aliphatic rings. The molecule has 0 heterocycles. The Hall–Kier alpha value is -1.56. The Kier molecular flexibility index (Phi) is 19.3. The van der Waals surface area contributed by atoms with Crippen LogP contribution in [-0.4, -0.2) is 35.3 Å². The molecule has 1 aromatic rings. The number of benzene rings is 1. The van der Waals surface area contributed by atoms with Gasteiger partial charge in [0.15, 0.2) is 5.12 Å². The van der Waals surface area contributed by atoms with Gasteiger partial charge < -0.3 is 14.6 Å². The molecule has 0 spiro atoms. The van der Waals surface area contributed by atoms with Gasteiger partial charge >= 0.3 is 0 Å². The number of rotatable bonds is 21. The highest BCUT2D eigenvalue weighted by Crippen LogP contribution is 2.22. The lowest BCUT2D eigenvalue weighted by Crippen LogP contribution is -2.25. The van der Waals surface area contributed by atoms with Crippen LogP contribution < -0.4 is 4.74 Å². The first-order chi connectivity index (χ1) is 18.3. The van der Waals surface area contributed by atoms with Crippen LogP contribution in [0.4, 0.5) is 0 Å². The van der Waals surface area contributed by atoms with E-state index in [9.17, 15) is 9.90 Å². The largest absolute Gasteiger partial charge is 0.497 e. The summed E-state index contributed by atoms with van der Waals surface area (Å²) in [6, 6.07) is 8.06. The average Bonchev–Trinajstić information content (AvgIpc) is 2.92. The average molecular weight is 547 g/mol. The summed E-state index contributed by atoms with van der Waals surface area (Å²) in [5.41, 5.74) is 3.06. The maximum absolute atomic E-state index is 12.2.